The number of nitrogens with one attached hydrogen (secondary N) is 1. The van der Waals surface area contributed by atoms with Crippen molar-refractivity contribution < 1.29 is 4.74 Å². The molecule has 0 aromatic rings. The average Bonchev–Trinajstić information content (AvgIpc) is 3.67. The van der Waals surface area contributed by atoms with Gasteiger partial charge in [0.05, 0.1) is 12.2 Å². The molecule has 1 saturated heterocycles. The van der Waals surface area contributed by atoms with Crippen LogP contribution in [-0.2, 0) is 4.74 Å². The second-order valence-corrected chi connectivity index (χ2v) is 13.7. The van der Waals surface area contributed by atoms with E-state index in [2.05, 4.69) is 86.0 Å². The van der Waals surface area contributed by atoms with Crippen LogP contribution in [0.4, 0.5) is 0 Å². The molecule has 0 spiro atoms. The van der Waals surface area contributed by atoms with E-state index in [9.17, 15) is 0 Å². The highest BCUT2D eigenvalue weighted by Gasteiger charge is 2.46. The normalized spacial score (nSPS) is 38.9. The standard InChI is InChI=1S/C36H46N4O/c1-22(25-12-13-26-19-27(26)18-25)39-35(40-34(37)24-8-4-3-5-9-24)31-21-28(23-14-16-36(2,38)17-15-23)20-30-29-10-6-7-11-32(29)41-33(30)31/h3-4,6-8,10,14-16,20-22,25-27,30,32-33,35,39H,5,9,11-13,17-19,38H2,1-2H3,(H2,37,40). The summed E-state index contributed by atoms with van der Waals surface area (Å²) in [5, 5.41) is 4.02. The maximum atomic E-state index is 6.84. The van der Waals surface area contributed by atoms with Crippen molar-refractivity contribution in [1.29, 1.82) is 0 Å². The van der Waals surface area contributed by atoms with Crippen molar-refractivity contribution in [2.24, 2.45) is 40.1 Å². The molecule has 1 heterocycles. The van der Waals surface area contributed by atoms with Gasteiger partial charge in [-0.25, -0.2) is 4.99 Å². The Morgan fingerprint density at radius 1 is 1.12 bits per heavy atom. The Bertz CT molecular complexity index is 1350. The summed E-state index contributed by atoms with van der Waals surface area (Å²) >= 11 is 0. The fraction of sp³-hybridized carbons (Fsp3) is 0.528. The largest absolute Gasteiger partial charge is 0.384 e. The van der Waals surface area contributed by atoms with Crippen LogP contribution < -0.4 is 16.8 Å². The number of nitrogens with two attached hydrogens (primary N) is 2. The zero-order valence-electron chi connectivity index (χ0n) is 24.6. The van der Waals surface area contributed by atoms with Crippen LogP contribution in [0.15, 0.2) is 99.7 Å². The zero-order valence-corrected chi connectivity index (χ0v) is 24.6. The molecule has 6 aliphatic carbocycles. The van der Waals surface area contributed by atoms with Crippen LogP contribution in [0, 0.1) is 23.7 Å². The molecule has 0 bridgehead atoms. The van der Waals surface area contributed by atoms with Gasteiger partial charge in [0.1, 0.15) is 12.0 Å². The lowest BCUT2D eigenvalue weighted by Gasteiger charge is -2.35. The Morgan fingerprint density at radius 2 is 2.00 bits per heavy atom. The van der Waals surface area contributed by atoms with Crippen LogP contribution in [-0.4, -0.2) is 35.8 Å². The third-order valence-corrected chi connectivity index (χ3v) is 10.6. The molecule has 0 amide bonds. The quantitative estimate of drug-likeness (QED) is 0.264. The Balaban J connectivity index is 1.26. The van der Waals surface area contributed by atoms with Gasteiger partial charge in [-0.3, -0.25) is 5.32 Å². The summed E-state index contributed by atoms with van der Waals surface area (Å²) in [4.78, 5) is 5.28. The van der Waals surface area contributed by atoms with Gasteiger partial charge in [0.2, 0.25) is 0 Å². The van der Waals surface area contributed by atoms with E-state index in [1.54, 1.807) is 0 Å². The van der Waals surface area contributed by atoms with Crippen LogP contribution in [0.5, 0.6) is 0 Å². The summed E-state index contributed by atoms with van der Waals surface area (Å²) in [7, 11) is 0. The third-order valence-electron chi connectivity index (χ3n) is 10.6. The zero-order chi connectivity index (χ0) is 28.1. The van der Waals surface area contributed by atoms with Gasteiger partial charge in [0, 0.05) is 17.5 Å². The lowest BCUT2D eigenvalue weighted by Crippen LogP contribution is -2.46. The van der Waals surface area contributed by atoms with Gasteiger partial charge in [-0.2, -0.15) is 0 Å². The average molecular weight is 551 g/mol. The van der Waals surface area contributed by atoms with Crippen molar-refractivity contribution in [3.8, 4) is 0 Å². The summed E-state index contributed by atoms with van der Waals surface area (Å²) in [5.74, 6) is 3.44. The van der Waals surface area contributed by atoms with Gasteiger partial charge < -0.3 is 16.2 Å². The maximum absolute atomic E-state index is 6.84. The van der Waals surface area contributed by atoms with E-state index in [0.29, 0.717) is 17.8 Å². The van der Waals surface area contributed by atoms with Crippen LogP contribution in [0.3, 0.4) is 0 Å². The predicted molar refractivity (Wildman–Crippen MR) is 168 cm³/mol. The number of amidine groups is 1. The number of hydrogen-bond donors (Lipinski definition) is 3. The second kappa shape index (κ2) is 10.8. The number of ether oxygens (including phenoxy) is 1. The predicted octanol–water partition coefficient (Wildman–Crippen LogP) is 6.10. The summed E-state index contributed by atoms with van der Waals surface area (Å²) in [6.07, 6.45) is 33.5. The Morgan fingerprint density at radius 3 is 2.78 bits per heavy atom. The number of fused-ring (bicyclic) bond motifs is 4. The highest BCUT2D eigenvalue weighted by atomic mass is 16.5. The van der Waals surface area contributed by atoms with Crippen molar-refractivity contribution in [2.45, 2.75) is 95.2 Å². The van der Waals surface area contributed by atoms with Gasteiger partial charge >= 0.3 is 0 Å². The molecule has 216 valence electrons. The first-order valence-electron chi connectivity index (χ1n) is 15.9. The lowest BCUT2D eigenvalue weighted by atomic mass is 9.78. The van der Waals surface area contributed by atoms with Crippen LogP contribution >= 0.6 is 0 Å². The van der Waals surface area contributed by atoms with E-state index in [4.69, 9.17) is 21.2 Å². The highest BCUT2D eigenvalue weighted by Crippen LogP contribution is 2.52. The minimum atomic E-state index is -0.299. The second-order valence-electron chi connectivity index (χ2n) is 13.7. The van der Waals surface area contributed by atoms with Crippen molar-refractivity contribution in [1.82, 2.24) is 5.32 Å². The summed E-state index contributed by atoms with van der Waals surface area (Å²) < 4.78 is 6.84. The van der Waals surface area contributed by atoms with Crippen molar-refractivity contribution in [3.63, 3.8) is 0 Å². The van der Waals surface area contributed by atoms with E-state index in [0.717, 1.165) is 43.1 Å². The van der Waals surface area contributed by atoms with Crippen LogP contribution in [0.1, 0.15) is 65.2 Å². The van der Waals surface area contributed by atoms with Crippen LogP contribution in [0.2, 0.25) is 0 Å². The number of allylic oxidation sites excluding steroid dienone is 9. The van der Waals surface area contributed by atoms with Gasteiger partial charge in [-0.15, -0.1) is 0 Å². The molecule has 1 aliphatic heterocycles. The number of nitrogens with zero attached hydrogens (tertiary/aromatic N) is 1. The molecule has 5 N–H and O–H groups in total. The van der Waals surface area contributed by atoms with Gasteiger partial charge in [-0.1, -0.05) is 60.8 Å². The fourth-order valence-electron chi connectivity index (χ4n) is 7.84. The first kappa shape index (κ1) is 27.1. The molecule has 5 heteroatoms. The molecule has 7 aliphatic rings. The maximum Gasteiger partial charge on any atom is 0.126 e. The topological polar surface area (TPSA) is 85.7 Å². The third kappa shape index (κ3) is 5.57. The lowest BCUT2D eigenvalue weighted by molar-refractivity contribution is 0.0613. The van der Waals surface area contributed by atoms with Crippen molar-refractivity contribution in [3.05, 3.63) is 94.7 Å². The molecule has 0 aromatic heterocycles. The van der Waals surface area contributed by atoms with E-state index in [1.807, 2.05) is 0 Å². The molecular formula is C36H46N4O. The van der Waals surface area contributed by atoms with E-state index in [1.165, 1.54) is 48.0 Å². The highest BCUT2D eigenvalue weighted by molar-refractivity contribution is 5.97. The molecular weight excluding hydrogens is 504 g/mol. The summed E-state index contributed by atoms with van der Waals surface area (Å²) in [5.41, 5.74) is 19.1. The van der Waals surface area contributed by atoms with Gasteiger partial charge in [-0.05, 0) is 117 Å². The summed E-state index contributed by atoms with van der Waals surface area (Å²) in [6, 6.07) is 0.350. The molecule has 7 rings (SSSR count). The number of hydrogen-bond acceptors (Lipinski definition) is 4. The Labute approximate surface area is 245 Å². The SMILES string of the molecule is CC(NC(N=C(N)C1=CC=CCC1)C1=CC(C2=CCC(C)(N)C=C2)=CC2C3=CC=CCC3OC12)C1CCC2CC2C1. The van der Waals surface area contributed by atoms with E-state index < -0.39 is 0 Å². The van der Waals surface area contributed by atoms with E-state index >= 15 is 0 Å². The molecule has 0 radical (unpaired) electrons. The summed E-state index contributed by atoms with van der Waals surface area (Å²) in [6.45, 7) is 4.45. The van der Waals surface area contributed by atoms with Gasteiger partial charge in [0.15, 0.2) is 0 Å². The van der Waals surface area contributed by atoms with Gasteiger partial charge in [0.25, 0.3) is 0 Å². The molecule has 0 aromatic carbocycles. The monoisotopic (exact) mass is 550 g/mol. The molecule has 41 heavy (non-hydrogen) atoms. The number of aliphatic imine (C=N–C) groups is 1. The van der Waals surface area contributed by atoms with Crippen molar-refractivity contribution >= 4 is 5.84 Å². The Hall–Kier alpha value is -2.73. The minimum absolute atomic E-state index is 0.0523. The number of rotatable bonds is 7. The Kier molecular flexibility index (Phi) is 7.17. The molecule has 2 saturated carbocycles. The first-order valence-corrected chi connectivity index (χ1v) is 15.9. The van der Waals surface area contributed by atoms with E-state index in [-0.39, 0.29) is 29.8 Å². The minimum Gasteiger partial charge on any atom is -0.384 e. The molecule has 9 unspecified atom stereocenters. The smallest absolute Gasteiger partial charge is 0.126 e. The first-order chi connectivity index (χ1) is 19.8. The van der Waals surface area contributed by atoms with Crippen molar-refractivity contribution in [2.75, 3.05) is 0 Å². The molecule has 3 fully saturated rings. The fourth-order valence-corrected chi connectivity index (χ4v) is 7.84. The van der Waals surface area contributed by atoms with Crippen LogP contribution in [0.25, 0.3) is 0 Å². The molecule has 9 atom stereocenters. The molecule has 5 nitrogen and oxygen atoms in total.